The molecule has 0 aliphatic heterocycles. The van der Waals surface area contributed by atoms with Crippen molar-refractivity contribution in [1.29, 1.82) is 0 Å². The molecular formula is C13H21N3O2. The molecule has 0 saturated heterocycles. The van der Waals surface area contributed by atoms with Gasteiger partial charge in [0, 0.05) is 19.3 Å². The molecular weight excluding hydrogens is 230 g/mol. The molecule has 1 aliphatic rings. The molecule has 100 valence electrons. The van der Waals surface area contributed by atoms with Crippen LogP contribution in [0.3, 0.4) is 0 Å². The first-order chi connectivity index (χ1) is 8.84. The number of aromatic nitrogens is 2. The van der Waals surface area contributed by atoms with E-state index in [2.05, 4.69) is 15.3 Å². The summed E-state index contributed by atoms with van der Waals surface area (Å²) >= 11 is 0. The Balaban J connectivity index is 1.55. The van der Waals surface area contributed by atoms with Gasteiger partial charge in [0.2, 0.25) is 0 Å². The van der Waals surface area contributed by atoms with Gasteiger partial charge in [-0.3, -0.25) is 0 Å². The van der Waals surface area contributed by atoms with E-state index >= 15 is 0 Å². The van der Waals surface area contributed by atoms with Gasteiger partial charge < -0.3 is 15.2 Å². The van der Waals surface area contributed by atoms with Crippen LogP contribution >= 0.6 is 0 Å². The van der Waals surface area contributed by atoms with Gasteiger partial charge in [0.05, 0.1) is 24.5 Å². The minimum absolute atomic E-state index is 0.363. The fourth-order valence-electron chi connectivity index (χ4n) is 2.15. The van der Waals surface area contributed by atoms with Crippen LogP contribution < -0.4 is 5.32 Å². The summed E-state index contributed by atoms with van der Waals surface area (Å²) < 4.78 is 5.65. The van der Waals surface area contributed by atoms with Crippen LogP contribution in [0, 0.1) is 0 Å². The van der Waals surface area contributed by atoms with E-state index in [0.717, 1.165) is 18.5 Å². The number of nitrogens with one attached hydrogen (secondary N) is 1. The first-order valence-corrected chi connectivity index (χ1v) is 6.60. The van der Waals surface area contributed by atoms with Gasteiger partial charge in [0.15, 0.2) is 0 Å². The van der Waals surface area contributed by atoms with Crippen molar-refractivity contribution in [3.05, 3.63) is 24.3 Å². The second-order valence-electron chi connectivity index (χ2n) is 4.73. The third-order valence-corrected chi connectivity index (χ3v) is 3.16. The van der Waals surface area contributed by atoms with E-state index in [4.69, 9.17) is 4.74 Å². The van der Waals surface area contributed by atoms with E-state index in [0.29, 0.717) is 25.8 Å². The van der Waals surface area contributed by atoms with E-state index in [9.17, 15) is 5.11 Å². The smallest absolute Gasteiger partial charge is 0.115 e. The van der Waals surface area contributed by atoms with Gasteiger partial charge in [-0.15, -0.1) is 0 Å². The zero-order chi connectivity index (χ0) is 12.6. The van der Waals surface area contributed by atoms with Crippen molar-refractivity contribution in [2.45, 2.75) is 44.4 Å². The molecule has 5 heteroatoms. The van der Waals surface area contributed by atoms with E-state index < -0.39 is 6.10 Å². The van der Waals surface area contributed by atoms with Crippen molar-refractivity contribution in [3.8, 4) is 0 Å². The standard InChI is InChI=1S/C13H21N3O2/c17-12(9-18-13-3-1-2-4-13)8-15-7-11-5-6-14-10-16-11/h5-6,10,12-13,15,17H,1-4,7-9H2. The molecule has 0 aromatic carbocycles. The van der Waals surface area contributed by atoms with Crippen molar-refractivity contribution in [3.63, 3.8) is 0 Å². The SMILES string of the molecule is OC(CNCc1ccncn1)COC1CCCC1. The van der Waals surface area contributed by atoms with Crippen LogP contribution in [-0.2, 0) is 11.3 Å². The van der Waals surface area contributed by atoms with Crippen molar-refractivity contribution in [1.82, 2.24) is 15.3 Å². The van der Waals surface area contributed by atoms with Gasteiger partial charge in [-0.1, -0.05) is 12.8 Å². The Labute approximate surface area is 108 Å². The van der Waals surface area contributed by atoms with E-state index in [1.54, 1.807) is 6.20 Å². The van der Waals surface area contributed by atoms with Gasteiger partial charge in [-0.05, 0) is 18.9 Å². The highest BCUT2D eigenvalue weighted by molar-refractivity contribution is 4.96. The lowest BCUT2D eigenvalue weighted by Gasteiger charge is -2.15. The molecule has 1 unspecified atom stereocenters. The van der Waals surface area contributed by atoms with Gasteiger partial charge in [-0.2, -0.15) is 0 Å². The molecule has 1 aliphatic carbocycles. The van der Waals surface area contributed by atoms with E-state index in [1.165, 1.54) is 19.2 Å². The summed E-state index contributed by atoms with van der Waals surface area (Å²) in [4.78, 5) is 7.95. The molecule has 1 aromatic heterocycles. The summed E-state index contributed by atoms with van der Waals surface area (Å²) in [5.41, 5.74) is 0.925. The minimum Gasteiger partial charge on any atom is -0.389 e. The Hall–Kier alpha value is -1.04. The maximum atomic E-state index is 9.77. The summed E-state index contributed by atoms with van der Waals surface area (Å²) in [5, 5.41) is 12.9. The van der Waals surface area contributed by atoms with Crippen LogP contribution in [0.25, 0.3) is 0 Å². The zero-order valence-electron chi connectivity index (χ0n) is 10.6. The molecule has 0 radical (unpaired) electrons. The van der Waals surface area contributed by atoms with Crippen molar-refractivity contribution in [2.24, 2.45) is 0 Å². The van der Waals surface area contributed by atoms with Crippen molar-refractivity contribution < 1.29 is 9.84 Å². The summed E-state index contributed by atoms with van der Waals surface area (Å²) in [6.45, 7) is 1.58. The summed E-state index contributed by atoms with van der Waals surface area (Å²) in [6, 6.07) is 1.86. The predicted octanol–water partition coefficient (Wildman–Crippen LogP) is 0.886. The number of aliphatic hydroxyl groups is 1. The Morgan fingerprint density at radius 3 is 3.00 bits per heavy atom. The number of aliphatic hydroxyl groups excluding tert-OH is 1. The maximum absolute atomic E-state index is 9.77. The molecule has 5 nitrogen and oxygen atoms in total. The molecule has 1 fully saturated rings. The molecule has 1 saturated carbocycles. The lowest BCUT2D eigenvalue weighted by Crippen LogP contribution is -2.31. The number of ether oxygens (including phenoxy) is 1. The normalized spacial score (nSPS) is 18.1. The minimum atomic E-state index is -0.451. The Kier molecular flexibility index (Phi) is 5.51. The van der Waals surface area contributed by atoms with Gasteiger partial charge in [0.1, 0.15) is 6.33 Å². The molecule has 2 N–H and O–H groups in total. The number of hydrogen-bond acceptors (Lipinski definition) is 5. The molecule has 2 rings (SSSR count). The molecule has 1 atom stereocenters. The highest BCUT2D eigenvalue weighted by Gasteiger charge is 2.16. The zero-order valence-corrected chi connectivity index (χ0v) is 10.6. The third kappa shape index (κ3) is 4.68. The number of rotatable bonds is 7. The first kappa shape index (κ1) is 13.4. The van der Waals surface area contributed by atoms with Crippen LogP contribution in [0.4, 0.5) is 0 Å². The topological polar surface area (TPSA) is 67.3 Å². The van der Waals surface area contributed by atoms with E-state index in [1.807, 2.05) is 6.07 Å². The quantitative estimate of drug-likeness (QED) is 0.753. The lowest BCUT2D eigenvalue weighted by atomic mass is 10.3. The van der Waals surface area contributed by atoms with Gasteiger partial charge in [-0.25, -0.2) is 9.97 Å². The van der Waals surface area contributed by atoms with Crippen LogP contribution in [0.1, 0.15) is 31.4 Å². The second-order valence-corrected chi connectivity index (χ2v) is 4.73. The summed E-state index contributed by atoms with van der Waals surface area (Å²) in [7, 11) is 0. The van der Waals surface area contributed by atoms with Crippen LogP contribution in [0.15, 0.2) is 18.6 Å². The van der Waals surface area contributed by atoms with Crippen LogP contribution in [0.5, 0.6) is 0 Å². The highest BCUT2D eigenvalue weighted by atomic mass is 16.5. The monoisotopic (exact) mass is 251 g/mol. The molecule has 1 aromatic rings. The Morgan fingerprint density at radius 2 is 2.28 bits per heavy atom. The summed E-state index contributed by atoms with van der Waals surface area (Å²) in [5.74, 6) is 0. The largest absolute Gasteiger partial charge is 0.389 e. The lowest BCUT2D eigenvalue weighted by molar-refractivity contribution is -0.00552. The number of nitrogens with zero attached hydrogens (tertiary/aromatic N) is 2. The molecule has 0 bridgehead atoms. The average molecular weight is 251 g/mol. The van der Waals surface area contributed by atoms with E-state index in [-0.39, 0.29) is 0 Å². The average Bonchev–Trinajstić information content (AvgIpc) is 2.91. The fraction of sp³-hybridized carbons (Fsp3) is 0.692. The predicted molar refractivity (Wildman–Crippen MR) is 68.0 cm³/mol. The van der Waals surface area contributed by atoms with Crippen LogP contribution in [0.2, 0.25) is 0 Å². The van der Waals surface area contributed by atoms with Crippen LogP contribution in [-0.4, -0.2) is 40.4 Å². The highest BCUT2D eigenvalue weighted by Crippen LogP contribution is 2.20. The summed E-state index contributed by atoms with van der Waals surface area (Å²) in [6.07, 6.45) is 7.94. The molecule has 1 heterocycles. The maximum Gasteiger partial charge on any atom is 0.115 e. The Morgan fingerprint density at radius 1 is 1.44 bits per heavy atom. The number of hydrogen-bond donors (Lipinski definition) is 2. The van der Waals surface area contributed by atoms with Crippen molar-refractivity contribution in [2.75, 3.05) is 13.2 Å². The molecule has 0 spiro atoms. The molecule has 18 heavy (non-hydrogen) atoms. The second kappa shape index (κ2) is 7.41. The fourth-order valence-corrected chi connectivity index (χ4v) is 2.15. The third-order valence-electron chi connectivity index (χ3n) is 3.16. The van der Waals surface area contributed by atoms with Crippen molar-refractivity contribution >= 4 is 0 Å². The Bertz CT molecular complexity index is 328. The van der Waals surface area contributed by atoms with Gasteiger partial charge in [0.25, 0.3) is 0 Å². The van der Waals surface area contributed by atoms with Gasteiger partial charge >= 0.3 is 0 Å². The molecule has 0 amide bonds. The first-order valence-electron chi connectivity index (χ1n) is 6.60.